The summed E-state index contributed by atoms with van der Waals surface area (Å²) in [4.78, 5) is 45.7. The van der Waals surface area contributed by atoms with Crippen LogP contribution in [0.2, 0.25) is 5.02 Å². The lowest BCUT2D eigenvalue weighted by Gasteiger charge is -2.33. The summed E-state index contributed by atoms with van der Waals surface area (Å²) in [6.07, 6.45) is 1.37. The van der Waals surface area contributed by atoms with Crippen molar-refractivity contribution in [3.8, 4) is 16.3 Å². The van der Waals surface area contributed by atoms with Crippen LogP contribution < -0.4 is 21.7 Å². The van der Waals surface area contributed by atoms with Crippen LogP contribution in [0.15, 0.2) is 86.4 Å². The number of piperazine rings is 1. The second-order valence-electron chi connectivity index (χ2n) is 11.3. The number of amides is 3. The van der Waals surface area contributed by atoms with E-state index in [0.717, 1.165) is 42.4 Å². The SMILES string of the molecule is Cc1cc(=O)oc2cc(O)c(/C=N/NC(=O)CN3CCN(Cc4csc(-c5ccc(NC(=O)Nc6cccc(Cl)c6)cc5)n4)CC3)cc12. The van der Waals surface area contributed by atoms with Gasteiger partial charge in [-0.25, -0.2) is 20.0 Å². The summed E-state index contributed by atoms with van der Waals surface area (Å²) in [5.41, 5.74) is 6.63. The van der Waals surface area contributed by atoms with Gasteiger partial charge in [0.1, 0.15) is 16.3 Å². The topological polar surface area (TPSA) is 152 Å². The highest BCUT2D eigenvalue weighted by atomic mass is 35.5. The smallest absolute Gasteiger partial charge is 0.336 e. The van der Waals surface area contributed by atoms with E-state index in [1.54, 1.807) is 48.6 Å². The Morgan fingerprint density at radius 1 is 1.02 bits per heavy atom. The van der Waals surface area contributed by atoms with Gasteiger partial charge in [-0.05, 0) is 61.0 Å². The average molecular weight is 686 g/mol. The van der Waals surface area contributed by atoms with Crippen molar-refractivity contribution in [3.05, 3.63) is 104 Å². The molecule has 3 amide bonds. The van der Waals surface area contributed by atoms with Crippen LogP contribution in [0.3, 0.4) is 0 Å². The number of nitrogens with one attached hydrogen (secondary N) is 3. The van der Waals surface area contributed by atoms with Gasteiger partial charge in [0.05, 0.1) is 18.5 Å². The summed E-state index contributed by atoms with van der Waals surface area (Å²) in [6, 6.07) is 18.5. The van der Waals surface area contributed by atoms with E-state index in [2.05, 4.69) is 36.3 Å². The minimum atomic E-state index is -0.487. The number of carbonyl (C=O) groups is 2. The summed E-state index contributed by atoms with van der Waals surface area (Å²) in [7, 11) is 0. The van der Waals surface area contributed by atoms with Crippen molar-refractivity contribution in [2.75, 3.05) is 43.4 Å². The van der Waals surface area contributed by atoms with Crippen LogP contribution in [0.1, 0.15) is 16.8 Å². The van der Waals surface area contributed by atoms with Crippen molar-refractivity contribution >= 4 is 63.4 Å². The van der Waals surface area contributed by atoms with Crippen LogP contribution in [-0.2, 0) is 11.3 Å². The predicted octanol–water partition coefficient (Wildman–Crippen LogP) is 5.50. The van der Waals surface area contributed by atoms with Gasteiger partial charge in [0.15, 0.2) is 0 Å². The number of thiazole rings is 1. The molecule has 4 N–H and O–H groups in total. The summed E-state index contributed by atoms with van der Waals surface area (Å²) in [5, 5.41) is 24.0. The summed E-state index contributed by atoms with van der Waals surface area (Å²) in [5.74, 6) is -0.366. The van der Waals surface area contributed by atoms with Crippen molar-refractivity contribution in [1.29, 1.82) is 0 Å². The number of aromatic hydroxyl groups is 1. The van der Waals surface area contributed by atoms with Gasteiger partial charge in [-0.3, -0.25) is 14.6 Å². The Morgan fingerprint density at radius 3 is 2.54 bits per heavy atom. The molecule has 1 aliphatic heterocycles. The van der Waals surface area contributed by atoms with E-state index in [1.165, 1.54) is 18.3 Å². The molecule has 0 unspecified atom stereocenters. The number of aryl methyl sites for hydroxylation is 1. The molecule has 48 heavy (non-hydrogen) atoms. The highest BCUT2D eigenvalue weighted by Gasteiger charge is 2.20. The zero-order valence-electron chi connectivity index (χ0n) is 25.9. The van der Waals surface area contributed by atoms with E-state index in [1.807, 2.05) is 24.3 Å². The Kier molecular flexibility index (Phi) is 10.1. The lowest BCUT2D eigenvalue weighted by atomic mass is 10.1. The number of hydrazone groups is 1. The maximum absolute atomic E-state index is 12.5. The van der Waals surface area contributed by atoms with E-state index < -0.39 is 5.63 Å². The Balaban J connectivity index is 0.937. The number of rotatable bonds is 9. The normalized spacial score (nSPS) is 14.0. The van der Waals surface area contributed by atoms with Crippen LogP contribution in [0.4, 0.5) is 16.2 Å². The lowest BCUT2D eigenvalue weighted by molar-refractivity contribution is -0.122. The van der Waals surface area contributed by atoms with E-state index in [9.17, 15) is 19.5 Å². The molecular weight excluding hydrogens is 654 g/mol. The third-order valence-corrected chi connectivity index (χ3v) is 8.91. The Bertz CT molecular complexity index is 2040. The monoisotopic (exact) mass is 685 g/mol. The highest BCUT2D eigenvalue weighted by Crippen LogP contribution is 2.27. The van der Waals surface area contributed by atoms with E-state index in [-0.39, 0.29) is 29.8 Å². The van der Waals surface area contributed by atoms with Gasteiger partial charge >= 0.3 is 11.7 Å². The molecule has 1 fully saturated rings. The molecule has 5 aromatic rings. The standard InChI is InChI=1S/C34H32ClN7O5S/c1-21-13-32(45)47-30-16-29(43)23(14-28(21)30)17-36-40-31(44)19-42-11-9-41(10-12-42)18-27-20-48-33(37-27)22-5-7-25(8-6-22)38-34(46)39-26-4-2-3-24(35)15-26/h2-8,13-17,20,43H,9-12,18-19H2,1H3,(H,40,44)(H2,38,39,46)/b36-17+. The van der Waals surface area contributed by atoms with Gasteiger partial charge in [0.2, 0.25) is 0 Å². The number of nitrogens with zero attached hydrogens (tertiary/aromatic N) is 4. The summed E-state index contributed by atoms with van der Waals surface area (Å²) >= 11 is 7.55. The first-order chi connectivity index (χ1) is 23.2. The number of hydrogen-bond donors (Lipinski definition) is 4. The molecule has 0 aliphatic carbocycles. The van der Waals surface area contributed by atoms with Crippen LogP contribution in [-0.4, -0.2) is 70.8 Å². The van der Waals surface area contributed by atoms with Crippen LogP contribution in [0.25, 0.3) is 21.5 Å². The van der Waals surface area contributed by atoms with Crippen molar-refractivity contribution in [3.63, 3.8) is 0 Å². The molecule has 1 aliphatic rings. The minimum Gasteiger partial charge on any atom is -0.507 e. The molecule has 2 aromatic heterocycles. The fraction of sp³-hybridized carbons (Fsp3) is 0.206. The molecule has 0 spiro atoms. The fourth-order valence-corrected chi connectivity index (χ4v) is 6.30. The number of aromatic nitrogens is 1. The zero-order valence-corrected chi connectivity index (χ0v) is 27.5. The second kappa shape index (κ2) is 14.8. The molecule has 3 heterocycles. The van der Waals surface area contributed by atoms with Gasteiger partial charge in [-0.1, -0.05) is 17.7 Å². The molecule has 1 saturated heterocycles. The maximum atomic E-state index is 12.5. The average Bonchev–Trinajstić information content (AvgIpc) is 3.51. The van der Waals surface area contributed by atoms with Gasteiger partial charge in [-0.2, -0.15) is 5.10 Å². The summed E-state index contributed by atoms with van der Waals surface area (Å²) < 4.78 is 5.14. The molecule has 3 aromatic carbocycles. The Hall–Kier alpha value is -5.08. The Morgan fingerprint density at radius 2 is 1.77 bits per heavy atom. The molecule has 14 heteroatoms. The van der Waals surface area contributed by atoms with E-state index in [0.29, 0.717) is 39.5 Å². The van der Waals surface area contributed by atoms with Crippen molar-refractivity contribution in [2.45, 2.75) is 13.5 Å². The molecule has 6 rings (SSSR count). The number of anilines is 2. The highest BCUT2D eigenvalue weighted by molar-refractivity contribution is 7.13. The first kappa shape index (κ1) is 32.8. The zero-order chi connectivity index (χ0) is 33.6. The second-order valence-corrected chi connectivity index (χ2v) is 12.6. The fourth-order valence-electron chi connectivity index (χ4n) is 5.29. The van der Waals surface area contributed by atoms with Gasteiger partial charge < -0.3 is 20.2 Å². The van der Waals surface area contributed by atoms with E-state index in [4.69, 9.17) is 21.0 Å². The number of urea groups is 1. The van der Waals surface area contributed by atoms with Gasteiger partial charge in [0.25, 0.3) is 5.91 Å². The van der Waals surface area contributed by atoms with Crippen LogP contribution in [0, 0.1) is 6.92 Å². The number of halogens is 1. The van der Waals surface area contributed by atoms with E-state index >= 15 is 0 Å². The lowest BCUT2D eigenvalue weighted by Crippen LogP contribution is -2.48. The first-order valence-electron chi connectivity index (χ1n) is 15.1. The number of hydrogen-bond acceptors (Lipinski definition) is 10. The number of phenols is 1. The maximum Gasteiger partial charge on any atom is 0.336 e. The van der Waals surface area contributed by atoms with Gasteiger partial charge in [-0.15, -0.1) is 11.3 Å². The van der Waals surface area contributed by atoms with Crippen molar-refractivity contribution in [1.82, 2.24) is 20.2 Å². The predicted molar refractivity (Wildman–Crippen MR) is 188 cm³/mol. The molecule has 0 radical (unpaired) electrons. The van der Waals surface area contributed by atoms with Crippen molar-refractivity contribution < 1.29 is 19.1 Å². The molecule has 0 bridgehead atoms. The molecule has 12 nitrogen and oxygen atoms in total. The number of benzene rings is 3. The largest absolute Gasteiger partial charge is 0.507 e. The Labute approximate surface area is 284 Å². The molecule has 0 saturated carbocycles. The number of phenolic OH excluding ortho intramolecular Hbond substituents is 1. The van der Waals surface area contributed by atoms with Crippen molar-refractivity contribution in [2.24, 2.45) is 5.10 Å². The third kappa shape index (κ3) is 8.44. The van der Waals surface area contributed by atoms with Crippen LogP contribution >= 0.6 is 22.9 Å². The first-order valence-corrected chi connectivity index (χ1v) is 16.4. The third-order valence-electron chi connectivity index (χ3n) is 7.73. The molecular formula is C34H32ClN7O5S. The quantitative estimate of drug-likeness (QED) is 0.0903. The minimum absolute atomic E-state index is 0.111. The number of carbonyl (C=O) groups excluding carboxylic acids is 2. The summed E-state index contributed by atoms with van der Waals surface area (Å²) in [6.45, 7) is 5.73. The molecule has 0 atom stereocenters. The van der Waals surface area contributed by atoms with Gasteiger partial charge in [0, 0.05) is 83.1 Å². The molecule has 246 valence electrons. The number of fused-ring (bicyclic) bond motifs is 1. The van der Waals surface area contributed by atoms with Crippen LogP contribution in [0.5, 0.6) is 5.75 Å².